The minimum Gasteiger partial charge on any atom is -0.353 e. The number of benzene rings is 1. The summed E-state index contributed by atoms with van der Waals surface area (Å²) in [5.41, 5.74) is 1.01. The Kier molecular flexibility index (Phi) is 4.82. The number of carbonyl (C=O) groups excluding carboxylic acids is 1. The molecule has 0 aliphatic carbocycles. The molecule has 1 amide bonds. The summed E-state index contributed by atoms with van der Waals surface area (Å²) in [6, 6.07) is 8.25. The Bertz CT molecular complexity index is 532. The number of hydrogen-bond acceptors (Lipinski definition) is 4. The van der Waals surface area contributed by atoms with Crippen molar-refractivity contribution in [1.82, 2.24) is 10.3 Å². The standard InChI is InChI=1S/C14H18N2OS2/c1-9(2)10(3)15-13(17)8-18-14-16-11-6-4-5-7-12(11)19-14/h4-7,9-10H,8H2,1-3H3,(H,15,17)/t10-/m1/s1. The Balaban J connectivity index is 1.90. The third-order valence-electron chi connectivity index (χ3n) is 2.99. The molecule has 19 heavy (non-hydrogen) atoms. The fraction of sp³-hybridized carbons (Fsp3) is 0.429. The first kappa shape index (κ1) is 14.3. The highest BCUT2D eigenvalue weighted by atomic mass is 32.2. The molecule has 0 bridgehead atoms. The van der Waals surface area contributed by atoms with Gasteiger partial charge in [0.05, 0.1) is 16.0 Å². The lowest BCUT2D eigenvalue weighted by Crippen LogP contribution is -2.37. The maximum Gasteiger partial charge on any atom is 0.230 e. The van der Waals surface area contributed by atoms with Crippen LogP contribution in [0.2, 0.25) is 0 Å². The average molecular weight is 294 g/mol. The third-order valence-corrected chi connectivity index (χ3v) is 5.17. The van der Waals surface area contributed by atoms with E-state index in [1.807, 2.05) is 25.1 Å². The van der Waals surface area contributed by atoms with E-state index in [2.05, 4.69) is 30.2 Å². The van der Waals surface area contributed by atoms with Gasteiger partial charge in [0.25, 0.3) is 0 Å². The summed E-state index contributed by atoms with van der Waals surface area (Å²) in [7, 11) is 0. The highest BCUT2D eigenvalue weighted by Gasteiger charge is 2.12. The van der Waals surface area contributed by atoms with Crippen LogP contribution in [0.5, 0.6) is 0 Å². The fourth-order valence-electron chi connectivity index (χ4n) is 1.50. The van der Waals surface area contributed by atoms with Crippen LogP contribution in [-0.2, 0) is 4.79 Å². The highest BCUT2D eigenvalue weighted by Crippen LogP contribution is 2.29. The number of fused-ring (bicyclic) bond motifs is 1. The van der Waals surface area contributed by atoms with Gasteiger partial charge in [0.1, 0.15) is 0 Å². The van der Waals surface area contributed by atoms with Crippen molar-refractivity contribution < 1.29 is 4.79 Å². The first-order valence-electron chi connectivity index (χ1n) is 6.34. The summed E-state index contributed by atoms with van der Waals surface area (Å²) >= 11 is 3.14. The zero-order chi connectivity index (χ0) is 13.8. The lowest BCUT2D eigenvalue weighted by molar-refractivity contribution is -0.119. The van der Waals surface area contributed by atoms with E-state index in [9.17, 15) is 4.79 Å². The summed E-state index contributed by atoms with van der Waals surface area (Å²) < 4.78 is 2.12. The van der Waals surface area contributed by atoms with E-state index in [0.717, 1.165) is 9.86 Å². The Hall–Kier alpha value is -1.07. The molecule has 102 valence electrons. The number of amides is 1. The predicted molar refractivity (Wildman–Crippen MR) is 82.8 cm³/mol. The van der Waals surface area contributed by atoms with Crippen molar-refractivity contribution in [3.05, 3.63) is 24.3 Å². The Morgan fingerprint density at radius 2 is 2.11 bits per heavy atom. The van der Waals surface area contributed by atoms with Crippen LogP contribution < -0.4 is 5.32 Å². The molecule has 1 atom stereocenters. The zero-order valence-corrected chi connectivity index (χ0v) is 13.0. The molecule has 3 nitrogen and oxygen atoms in total. The van der Waals surface area contributed by atoms with Gasteiger partial charge in [0.15, 0.2) is 4.34 Å². The number of hydrogen-bond donors (Lipinski definition) is 1. The van der Waals surface area contributed by atoms with Gasteiger partial charge in [0.2, 0.25) is 5.91 Å². The van der Waals surface area contributed by atoms with Gasteiger partial charge >= 0.3 is 0 Å². The minimum absolute atomic E-state index is 0.0745. The van der Waals surface area contributed by atoms with Crippen molar-refractivity contribution in [3.63, 3.8) is 0 Å². The fourth-order valence-corrected chi connectivity index (χ4v) is 3.38. The molecule has 0 aliphatic heterocycles. The Morgan fingerprint density at radius 3 is 2.79 bits per heavy atom. The molecule has 2 rings (SSSR count). The molecule has 1 aromatic carbocycles. The van der Waals surface area contributed by atoms with Crippen molar-refractivity contribution in [1.29, 1.82) is 0 Å². The number of aromatic nitrogens is 1. The number of para-hydroxylation sites is 1. The topological polar surface area (TPSA) is 42.0 Å². The molecular formula is C14H18N2OS2. The molecule has 0 radical (unpaired) electrons. The molecule has 5 heteroatoms. The Labute approximate surface area is 121 Å². The second-order valence-corrected chi connectivity index (χ2v) is 7.09. The van der Waals surface area contributed by atoms with Crippen LogP contribution in [0.25, 0.3) is 10.2 Å². The summed E-state index contributed by atoms with van der Waals surface area (Å²) in [4.78, 5) is 16.3. The number of rotatable bonds is 5. The van der Waals surface area contributed by atoms with Crippen molar-refractivity contribution in [3.8, 4) is 0 Å². The largest absolute Gasteiger partial charge is 0.353 e. The van der Waals surface area contributed by atoms with Crippen LogP contribution in [0.1, 0.15) is 20.8 Å². The van der Waals surface area contributed by atoms with E-state index in [1.165, 1.54) is 16.5 Å². The van der Waals surface area contributed by atoms with E-state index in [-0.39, 0.29) is 11.9 Å². The number of thioether (sulfide) groups is 1. The van der Waals surface area contributed by atoms with Gasteiger partial charge in [-0.1, -0.05) is 37.7 Å². The summed E-state index contributed by atoms with van der Waals surface area (Å²) in [5, 5.41) is 3.00. The molecule has 0 aliphatic rings. The van der Waals surface area contributed by atoms with Crippen LogP contribution in [-0.4, -0.2) is 22.7 Å². The average Bonchev–Trinajstić information content (AvgIpc) is 2.78. The summed E-state index contributed by atoms with van der Waals surface area (Å²) in [6.45, 7) is 6.24. The first-order valence-corrected chi connectivity index (χ1v) is 8.14. The maximum atomic E-state index is 11.8. The van der Waals surface area contributed by atoms with Crippen LogP contribution >= 0.6 is 23.1 Å². The lowest BCUT2D eigenvalue weighted by atomic mass is 10.1. The molecule has 0 saturated carbocycles. The number of carbonyl (C=O) groups is 1. The molecule has 0 spiro atoms. The molecule has 0 saturated heterocycles. The highest BCUT2D eigenvalue weighted by molar-refractivity contribution is 8.01. The number of nitrogens with zero attached hydrogens (tertiary/aromatic N) is 1. The summed E-state index contributed by atoms with van der Waals surface area (Å²) in [6.07, 6.45) is 0. The molecule has 1 N–H and O–H groups in total. The Morgan fingerprint density at radius 1 is 1.37 bits per heavy atom. The lowest BCUT2D eigenvalue weighted by Gasteiger charge is -2.16. The van der Waals surface area contributed by atoms with Gasteiger partial charge in [0, 0.05) is 6.04 Å². The van der Waals surface area contributed by atoms with Crippen molar-refractivity contribution >= 4 is 39.2 Å². The van der Waals surface area contributed by atoms with Crippen LogP contribution in [0, 0.1) is 5.92 Å². The van der Waals surface area contributed by atoms with E-state index in [0.29, 0.717) is 11.7 Å². The van der Waals surface area contributed by atoms with Crippen LogP contribution in [0.4, 0.5) is 0 Å². The van der Waals surface area contributed by atoms with Gasteiger partial charge in [-0.3, -0.25) is 4.79 Å². The van der Waals surface area contributed by atoms with E-state index in [1.54, 1.807) is 11.3 Å². The van der Waals surface area contributed by atoms with Gasteiger partial charge in [-0.25, -0.2) is 4.98 Å². The van der Waals surface area contributed by atoms with Crippen molar-refractivity contribution in [2.45, 2.75) is 31.2 Å². The second-order valence-electron chi connectivity index (χ2n) is 4.84. The molecule has 2 aromatic rings. The van der Waals surface area contributed by atoms with E-state index < -0.39 is 0 Å². The monoisotopic (exact) mass is 294 g/mol. The molecule has 1 aromatic heterocycles. The molecule has 1 heterocycles. The van der Waals surface area contributed by atoms with Gasteiger partial charge in [-0.15, -0.1) is 11.3 Å². The van der Waals surface area contributed by atoms with E-state index in [4.69, 9.17) is 0 Å². The van der Waals surface area contributed by atoms with Crippen LogP contribution in [0.3, 0.4) is 0 Å². The number of thiazole rings is 1. The van der Waals surface area contributed by atoms with Gasteiger partial charge in [-0.05, 0) is 25.0 Å². The van der Waals surface area contributed by atoms with Gasteiger partial charge in [-0.2, -0.15) is 0 Å². The normalized spacial score (nSPS) is 12.8. The summed E-state index contributed by atoms with van der Waals surface area (Å²) in [5.74, 6) is 0.957. The maximum absolute atomic E-state index is 11.8. The van der Waals surface area contributed by atoms with Gasteiger partial charge < -0.3 is 5.32 Å². The number of nitrogens with one attached hydrogen (secondary N) is 1. The quantitative estimate of drug-likeness (QED) is 0.858. The minimum atomic E-state index is 0.0745. The van der Waals surface area contributed by atoms with Crippen LogP contribution in [0.15, 0.2) is 28.6 Å². The molecule has 0 unspecified atom stereocenters. The third kappa shape index (κ3) is 3.94. The smallest absolute Gasteiger partial charge is 0.230 e. The SMILES string of the molecule is CC(C)[C@@H](C)NC(=O)CSc1nc2ccccc2s1. The molecular weight excluding hydrogens is 276 g/mol. The van der Waals surface area contributed by atoms with Crippen molar-refractivity contribution in [2.75, 3.05) is 5.75 Å². The predicted octanol–water partition coefficient (Wildman–Crippen LogP) is 3.55. The second kappa shape index (κ2) is 6.39. The van der Waals surface area contributed by atoms with Crippen molar-refractivity contribution in [2.24, 2.45) is 5.92 Å². The van der Waals surface area contributed by atoms with E-state index >= 15 is 0 Å². The molecule has 0 fully saturated rings. The first-order chi connectivity index (χ1) is 9.06. The zero-order valence-electron chi connectivity index (χ0n) is 11.3.